The molecule has 3 aromatic rings. The van der Waals surface area contributed by atoms with Crippen LogP contribution >= 0.6 is 39.1 Å². The van der Waals surface area contributed by atoms with Gasteiger partial charge in [-0.2, -0.15) is 5.10 Å². The van der Waals surface area contributed by atoms with Gasteiger partial charge in [0.15, 0.2) is 0 Å². The Labute approximate surface area is 229 Å². The van der Waals surface area contributed by atoms with Crippen LogP contribution in [0.4, 0.5) is 16.3 Å². The first kappa shape index (κ1) is 28.0. The standard InChI is InChI=1S/C25H28BrCl2N5O3/c1-25(2,3)21-14-22(33(31-21)18-9-10-19(27)20(28)13-18)30-23(34)15-32(11-12-36-4)24(35)29-17-7-5-16(26)6-8-17/h5-10,13-14H,11-12,15H2,1-4H3,(H,29,35)(H,30,34). The minimum atomic E-state index is -0.419. The fourth-order valence-electron chi connectivity index (χ4n) is 3.20. The zero-order valence-electron chi connectivity index (χ0n) is 20.4. The SMILES string of the molecule is COCCN(CC(=O)Nc1cc(C(C)(C)C)nn1-c1ccc(Cl)c(Cl)c1)C(=O)Nc1ccc(Br)cc1. The summed E-state index contributed by atoms with van der Waals surface area (Å²) in [6.07, 6.45) is 0. The molecule has 0 saturated carbocycles. The molecule has 0 unspecified atom stereocenters. The first-order chi connectivity index (χ1) is 17.0. The van der Waals surface area contributed by atoms with Crippen LogP contribution in [0.2, 0.25) is 10.0 Å². The molecule has 1 heterocycles. The fourth-order valence-corrected chi connectivity index (χ4v) is 3.75. The largest absolute Gasteiger partial charge is 0.383 e. The number of methoxy groups -OCH3 is 1. The molecule has 192 valence electrons. The Balaban J connectivity index is 1.82. The highest BCUT2D eigenvalue weighted by Crippen LogP contribution is 2.29. The van der Waals surface area contributed by atoms with Gasteiger partial charge >= 0.3 is 6.03 Å². The van der Waals surface area contributed by atoms with Crippen LogP contribution in [0, 0.1) is 0 Å². The molecular weight excluding hydrogens is 569 g/mol. The summed E-state index contributed by atoms with van der Waals surface area (Å²) in [6.45, 7) is 6.39. The number of aromatic nitrogens is 2. The van der Waals surface area contributed by atoms with E-state index in [1.165, 1.54) is 12.0 Å². The summed E-state index contributed by atoms with van der Waals surface area (Å²) in [6, 6.07) is 13.7. The number of amides is 3. The quantitative estimate of drug-likeness (QED) is 0.317. The van der Waals surface area contributed by atoms with Crippen molar-refractivity contribution in [2.75, 3.05) is 37.4 Å². The molecule has 0 atom stereocenters. The van der Waals surface area contributed by atoms with E-state index in [0.717, 1.165) is 10.2 Å². The number of hydrogen-bond donors (Lipinski definition) is 2. The lowest BCUT2D eigenvalue weighted by atomic mass is 9.92. The number of carbonyl (C=O) groups excluding carboxylic acids is 2. The fraction of sp³-hybridized carbons (Fsp3) is 0.320. The first-order valence-electron chi connectivity index (χ1n) is 11.1. The summed E-state index contributed by atoms with van der Waals surface area (Å²) in [4.78, 5) is 27.4. The van der Waals surface area contributed by atoms with E-state index >= 15 is 0 Å². The van der Waals surface area contributed by atoms with Gasteiger partial charge in [-0.15, -0.1) is 0 Å². The predicted molar refractivity (Wildman–Crippen MR) is 148 cm³/mol. The molecule has 0 radical (unpaired) electrons. The molecule has 3 amide bonds. The molecule has 0 fully saturated rings. The normalized spacial score (nSPS) is 11.3. The number of anilines is 2. The average molecular weight is 597 g/mol. The summed E-state index contributed by atoms with van der Waals surface area (Å²) in [5.74, 6) is 0.0575. The van der Waals surface area contributed by atoms with Gasteiger partial charge in [-0.1, -0.05) is 59.9 Å². The van der Waals surface area contributed by atoms with Gasteiger partial charge in [0.25, 0.3) is 0 Å². The summed E-state index contributed by atoms with van der Waals surface area (Å²) in [7, 11) is 1.54. The van der Waals surface area contributed by atoms with E-state index in [-0.39, 0.29) is 25.1 Å². The van der Waals surface area contributed by atoms with Gasteiger partial charge in [-0.05, 0) is 42.5 Å². The maximum Gasteiger partial charge on any atom is 0.322 e. The number of benzene rings is 2. The van der Waals surface area contributed by atoms with Gasteiger partial charge in [-0.25, -0.2) is 9.48 Å². The second-order valence-electron chi connectivity index (χ2n) is 9.07. The van der Waals surface area contributed by atoms with E-state index in [1.54, 1.807) is 35.0 Å². The second-order valence-corrected chi connectivity index (χ2v) is 10.8. The summed E-state index contributed by atoms with van der Waals surface area (Å²) < 4.78 is 7.62. The van der Waals surface area contributed by atoms with Gasteiger partial charge in [0.1, 0.15) is 12.4 Å². The Morgan fingerprint density at radius 1 is 1.06 bits per heavy atom. The Kier molecular flexibility index (Phi) is 9.41. The van der Waals surface area contributed by atoms with Crippen LogP contribution in [0.25, 0.3) is 5.69 Å². The number of hydrogen-bond acceptors (Lipinski definition) is 4. The Morgan fingerprint density at radius 2 is 1.75 bits per heavy atom. The number of ether oxygens (including phenoxy) is 1. The van der Waals surface area contributed by atoms with Gasteiger partial charge in [0.05, 0.1) is 28.0 Å². The predicted octanol–water partition coefficient (Wildman–Crippen LogP) is 6.36. The number of urea groups is 1. The van der Waals surface area contributed by atoms with Crippen LogP contribution in [0.3, 0.4) is 0 Å². The average Bonchev–Trinajstić information content (AvgIpc) is 3.24. The zero-order valence-corrected chi connectivity index (χ0v) is 23.5. The lowest BCUT2D eigenvalue weighted by Gasteiger charge is -2.22. The van der Waals surface area contributed by atoms with Crippen molar-refractivity contribution in [2.24, 2.45) is 0 Å². The van der Waals surface area contributed by atoms with E-state index < -0.39 is 11.9 Å². The van der Waals surface area contributed by atoms with Crippen molar-refractivity contribution in [3.8, 4) is 5.69 Å². The second kappa shape index (κ2) is 12.1. The van der Waals surface area contributed by atoms with Crippen molar-refractivity contribution < 1.29 is 14.3 Å². The maximum atomic E-state index is 13.1. The highest BCUT2D eigenvalue weighted by Gasteiger charge is 2.23. The number of halogens is 3. The number of rotatable bonds is 8. The molecule has 1 aromatic heterocycles. The van der Waals surface area contributed by atoms with E-state index in [9.17, 15) is 9.59 Å². The lowest BCUT2D eigenvalue weighted by Crippen LogP contribution is -2.42. The molecular formula is C25H28BrCl2N5O3. The Morgan fingerprint density at radius 3 is 2.36 bits per heavy atom. The minimum absolute atomic E-state index is 0.191. The molecule has 0 spiro atoms. The summed E-state index contributed by atoms with van der Waals surface area (Å²) in [5, 5.41) is 11.2. The summed E-state index contributed by atoms with van der Waals surface area (Å²) in [5.41, 5.74) is 1.75. The highest BCUT2D eigenvalue weighted by atomic mass is 79.9. The van der Waals surface area contributed by atoms with Gasteiger partial charge in [0, 0.05) is 35.3 Å². The van der Waals surface area contributed by atoms with Crippen LogP contribution < -0.4 is 10.6 Å². The van der Waals surface area contributed by atoms with Crippen molar-refractivity contribution in [1.29, 1.82) is 0 Å². The van der Waals surface area contributed by atoms with Crippen LogP contribution in [0.5, 0.6) is 0 Å². The molecule has 0 bridgehead atoms. The van der Waals surface area contributed by atoms with E-state index in [2.05, 4.69) is 31.7 Å². The molecule has 0 aliphatic carbocycles. The maximum absolute atomic E-state index is 13.1. The molecule has 11 heteroatoms. The topological polar surface area (TPSA) is 88.5 Å². The minimum Gasteiger partial charge on any atom is -0.383 e. The third kappa shape index (κ3) is 7.46. The third-order valence-corrected chi connectivity index (χ3v) is 6.44. The van der Waals surface area contributed by atoms with Crippen molar-refractivity contribution in [3.63, 3.8) is 0 Å². The Bertz CT molecular complexity index is 1230. The monoisotopic (exact) mass is 595 g/mol. The molecule has 0 saturated heterocycles. The number of nitrogens with one attached hydrogen (secondary N) is 2. The van der Waals surface area contributed by atoms with E-state index in [0.29, 0.717) is 27.2 Å². The molecule has 36 heavy (non-hydrogen) atoms. The van der Waals surface area contributed by atoms with Gasteiger partial charge in [0.2, 0.25) is 5.91 Å². The van der Waals surface area contributed by atoms with Crippen LogP contribution in [0.15, 0.2) is 53.0 Å². The summed E-state index contributed by atoms with van der Waals surface area (Å²) >= 11 is 15.7. The number of nitrogens with zero attached hydrogens (tertiary/aromatic N) is 3. The van der Waals surface area contributed by atoms with Gasteiger partial charge < -0.3 is 20.3 Å². The van der Waals surface area contributed by atoms with Gasteiger partial charge in [-0.3, -0.25) is 4.79 Å². The molecule has 3 rings (SSSR count). The molecule has 8 nitrogen and oxygen atoms in total. The lowest BCUT2D eigenvalue weighted by molar-refractivity contribution is -0.116. The zero-order chi connectivity index (χ0) is 26.5. The van der Waals surface area contributed by atoms with Crippen molar-refractivity contribution in [3.05, 3.63) is 68.7 Å². The van der Waals surface area contributed by atoms with E-state index in [4.69, 9.17) is 27.9 Å². The van der Waals surface area contributed by atoms with Crippen LogP contribution in [-0.4, -0.2) is 53.4 Å². The molecule has 2 aromatic carbocycles. The molecule has 0 aliphatic heterocycles. The smallest absolute Gasteiger partial charge is 0.322 e. The van der Waals surface area contributed by atoms with Crippen molar-refractivity contribution >= 4 is 62.6 Å². The third-order valence-electron chi connectivity index (χ3n) is 5.18. The first-order valence-corrected chi connectivity index (χ1v) is 12.7. The number of carbonyl (C=O) groups is 2. The molecule has 2 N–H and O–H groups in total. The highest BCUT2D eigenvalue weighted by molar-refractivity contribution is 9.10. The van der Waals surface area contributed by atoms with Crippen LogP contribution in [0.1, 0.15) is 26.5 Å². The Hall–Kier alpha value is -2.59. The van der Waals surface area contributed by atoms with Crippen molar-refractivity contribution in [1.82, 2.24) is 14.7 Å². The van der Waals surface area contributed by atoms with Crippen molar-refractivity contribution in [2.45, 2.75) is 26.2 Å². The van der Waals surface area contributed by atoms with E-state index in [1.807, 2.05) is 39.0 Å². The molecule has 0 aliphatic rings. The van der Waals surface area contributed by atoms with Crippen LogP contribution in [-0.2, 0) is 14.9 Å².